The lowest BCUT2D eigenvalue weighted by molar-refractivity contribution is 0.686. The van der Waals surface area contributed by atoms with Gasteiger partial charge in [0.2, 0.25) is 0 Å². The molecule has 1 aromatic heterocycles. The molecule has 0 aliphatic rings. The first-order valence-corrected chi connectivity index (χ1v) is 2.87. The van der Waals surface area contributed by atoms with Crippen LogP contribution in [0.5, 0.6) is 0 Å². The van der Waals surface area contributed by atoms with Gasteiger partial charge in [0.1, 0.15) is 0 Å². The Morgan fingerprint density at radius 2 is 2.00 bits per heavy atom. The molecule has 0 unspecified atom stereocenters. The van der Waals surface area contributed by atoms with Crippen molar-refractivity contribution in [2.45, 2.75) is 6.54 Å². The SMILES string of the molecule is N=NCCn1cccc1. The zero-order chi connectivity index (χ0) is 6.53. The van der Waals surface area contributed by atoms with Crippen molar-refractivity contribution in [1.82, 2.24) is 4.57 Å². The lowest BCUT2D eigenvalue weighted by atomic mass is 10.6. The van der Waals surface area contributed by atoms with Crippen LogP contribution < -0.4 is 0 Å². The zero-order valence-electron chi connectivity index (χ0n) is 5.12. The maximum Gasteiger partial charge on any atom is 0.0775 e. The number of hydrogen-bond acceptors (Lipinski definition) is 2. The van der Waals surface area contributed by atoms with E-state index in [0.29, 0.717) is 6.54 Å². The van der Waals surface area contributed by atoms with E-state index in [2.05, 4.69) is 5.11 Å². The van der Waals surface area contributed by atoms with E-state index in [1.54, 1.807) is 0 Å². The second kappa shape index (κ2) is 3.02. The lowest BCUT2D eigenvalue weighted by Crippen LogP contribution is -1.95. The summed E-state index contributed by atoms with van der Waals surface area (Å²) in [7, 11) is 0. The number of hydrogen-bond donors (Lipinski definition) is 1. The summed E-state index contributed by atoms with van der Waals surface area (Å²) < 4.78 is 2.00. The molecular formula is C6H9N3. The lowest BCUT2D eigenvalue weighted by Gasteiger charge is -1.94. The third-order valence-corrected chi connectivity index (χ3v) is 1.14. The Balaban J connectivity index is 2.38. The van der Waals surface area contributed by atoms with E-state index >= 15 is 0 Å². The van der Waals surface area contributed by atoms with E-state index < -0.39 is 0 Å². The Kier molecular flexibility index (Phi) is 2.01. The molecule has 0 saturated carbocycles. The standard InChI is InChI=1S/C6H9N3/c7-8-3-6-9-4-1-2-5-9/h1-2,4-5,7H,3,6H2. The normalized spacial score (nSPS) is 9.33. The molecule has 1 heterocycles. The fourth-order valence-electron chi connectivity index (χ4n) is 0.685. The van der Waals surface area contributed by atoms with Gasteiger partial charge in [-0.3, -0.25) is 0 Å². The van der Waals surface area contributed by atoms with Crippen LogP contribution >= 0.6 is 0 Å². The van der Waals surface area contributed by atoms with Crippen LogP contribution in [-0.4, -0.2) is 11.1 Å². The molecule has 1 N–H and O–H groups in total. The third kappa shape index (κ3) is 1.68. The molecule has 0 amide bonds. The van der Waals surface area contributed by atoms with Crippen LogP contribution in [0, 0.1) is 5.53 Å². The molecule has 0 aromatic carbocycles. The molecule has 0 bridgehead atoms. The molecule has 1 rings (SSSR count). The minimum atomic E-state index is 0.578. The predicted octanol–water partition coefficient (Wildman–Crippen LogP) is 1.52. The fraction of sp³-hybridized carbons (Fsp3) is 0.333. The maximum absolute atomic E-state index is 6.52. The van der Waals surface area contributed by atoms with Gasteiger partial charge in [-0.15, -0.1) is 0 Å². The molecule has 0 aliphatic heterocycles. The van der Waals surface area contributed by atoms with Crippen molar-refractivity contribution in [3.8, 4) is 0 Å². The predicted molar refractivity (Wildman–Crippen MR) is 34.4 cm³/mol. The van der Waals surface area contributed by atoms with Crippen molar-refractivity contribution in [2.24, 2.45) is 5.11 Å². The highest BCUT2D eigenvalue weighted by atomic mass is 15.0. The van der Waals surface area contributed by atoms with Crippen LogP contribution in [-0.2, 0) is 6.54 Å². The first-order chi connectivity index (χ1) is 4.43. The van der Waals surface area contributed by atoms with E-state index in [1.807, 2.05) is 29.1 Å². The molecule has 0 spiro atoms. The average Bonchev–Trinajstić information content (AvgIpc) is 2.34. The van der Waals surface area contributed by atoms with Crippen LogP contribution in [0.3, 0.4) is 0 Å². The van der Waals surface area contributed by atoms with Gasteiger partial charge >= 0.3 is 0 Å². The van der Waals surface area contributed by atoms with Crippen molar-refractivity contribution in [3.63, 3.8) is 0 Å². The van der Waals surface area contributed by atoms with Crippen molar-refractivity contribution >= 4 is 0 Å². The van der Waals surface area contributed by atoms with Crippen LogP contribution in [0.2, 0.25) is 0 Å². The molecule has 3 nitrogen and oxygen atoms in total. The molecule has 48 valence electrons. The van der Waals surface area contributed by atoms with Gasteiger partial charge in [-0.25, -0.2) is 5.53 Å². The summed E-state index contributed by atoms with van der Waals surface area (Å²) in [5.74, 6) is 0. The maximum atomic E-state index is 6.52. The number of rotatable bonds is 3. The van der Waals surface area contributed by atoms with Gasteiger partial charge in [0.25, 0.3) is 0 Å². The van der Waals surface area contributed by atoms with Gasteiger partial charge in [0, 0.05) is 18.9 Å². The first kappa shape index (κ1) is 6.01. The van der Waals surface area contributed by atoms with Gasteiger partial charge in [0.15, 0.2) is 0 Å². The summed E-state index contributed by atoms with van der Waals surface area (Å²) in [4.78, 5) is 0. The molecular weight excluding hydrogens is 114 g/mol. The topological polar surface area (TPSA) is 41.1 Å². The summed E-state index contributed by atoms with van der Waals surface area (Å²) in [6.07, 6.45) is 3.93. The number of aromatic nitrogens is 1. The van der Waals surface area contributed by atoms with E-state index in [9.17, 15) is 0 Å². The van der Waals surface area contributed by atoms with Crippen LogP contribution in [0.25, 0.3) is 0 Å². The third-order valence-electron chi connectivity index (χ3n) is 1.14. The zero-order valence-corrected chi connectivity index (χ0v) is 5.12. The Hall–Kier alpha value is -1.12. The first-order valence-electron chi connectivity index (χ1n) is 2.87. The summed E-state index contributed by atoms with van der Waals surface area (Å²) in [5.41, 5.74) is 6.52. The highest BCUT2D eigenvalue weighted by Gasteiger charge is 1.83. The van der Waals surface area contributed by atoms with Crippen molar-refractivity contribution < 1.29 is 0 Å². The fourth-order valence-corrected chi connectivity index (χ4v) is 0.685. The van der Waals surface area contributed by atoms with Crippen molar-refractivity contribution in [1.29, 1.82) is 5.53 Å². The Bertz CT molecular complexity index is 166. The Morgan fingerprint density at radius 1 is 1.33 bits per heavy atom. The van der Waals surface area contributed by atoms with Gasteiger partial charge < -0.3 is 4.57 Å². The monoisotopic (exact) mass is 123 g/mol. The summed E-state index contributed by atoms with van der Waals surface area (Å²) in [6, 6.07) is 3.92. The van der Waals surface area contributed by atoms with E-state index in [4.69, 9.17) is 5.53 Å². The molecule has 0 saturated heterocycles. The minimum absolute atomic E-state index is 0.578. The molecule has 0 aliphatic carbocycles. The van der Waals surface area contributed by atoms with Gasteiger partial charge in [-0.05, 0) is 12.1 Å². The summed E-state index contributed by atoms with van der Waals surface area (Å²) in [6.45, 7) is 1.39. The average molecular weight is 123 g/mol. The Morgan fingerprint density at radius 3 is 2.56 bits per heavy atom. The largest absolute Gasteiger partial charge is 0.352 e. The molecule has 3 heteroatoms. The molecule has 1 aromatic rings. The van der Waals surface area contributed by atoms with Crippen molar-refractivity contribution in [2.75, 3.05) is 6.54 Å². The number of nitrogens with one attached hydrogen (secondary N) is 1. The van der Waals surface area contributed by atoms with E-state index in [-0.39, 0.29) is 0 Å². The molecule has 0 fully saturated rings. The second-order valence-electron chi connectivity index (χ2n) is 1.80. The second-order valence-corrected chi connectivity index (χ2v) is 1.80. The Labute approximate surface area is 53.8 Å². The summed E-state index contributed by atoms with van der Waals surface area (Å²) >= 11 is 0. The number of nitrogens with zero attached hydrogens (tertiary/aromatic N) is 2. The smallest absolute Gasteiger partial charge is 0.0775 e. The van der Waals surface area contributed by atoms with E-state index in [0.717, 1.165) is 6.54 Å². The molecule has 9 heavy (non-hydrogen) atoms. The highest BCUT2D eigenvalue weighted by molar-refractivity contribution is 4.90. The quantitative estimate of drug-likeness (QED) is 0.592. The molecule has 0 radical (unpaired) electrons. The van der Waals surface area contributed by atoms with Gasteiger partial charge in [-0.1, -0.05) is 0 Å². The van der Waals surface area contributed by atoms with Gasteiger partial charge in [0.05, 0.1) is 6.54 Å². The van der Waals surface area contributed by atoms with Crippen LogP contribution in [0.4, 0.5) is 0 Å². The van der Waals surface area contributed by atoms with Crippen LogP contribution in [0.1, 0.15) is 0 Å². The van der Waals surface area contributed by atoms with Gasteiger partial charge in [-0.2, -0.15) is 5.11 Å². The molecule has 0 atom stereocenters. The van der Waals surface area contributed by atoms with E-state index in [1.165, 1.54) is 0 Å². The summed E-state index contributed by atoms with van der Waals surface area (Å²) in [5, 5.41) is 3.24. The minimum Gasteiger partial charge on any atom is -0.352 e. The highest BCUT2D eigenvalue weighted by Crippen LogP contribution is 1.88. The van der Waals surface area contributed by atoms with Crippen molar-refractivity contribution in [3.05, 3.63) is 24.5 Å². The van der Waals surface area contributed by atoms with Crippen LogP contribution in [0.15, 0.2) is 29.6 Å².